The number of fused-ring (bicyclic) bond motifs is 5. The Morgan fingerprint density at radius 2 is 1.29 bits per heavy atom. The van der Waals surface area contributed by atoms with Crippen molar-refractivity contribution in [1.29, 1.82) is 0 Å². The highest BCUT2D eigenvalue weighted by molar-refractivity contribution is 5.86. The van der Waals surface area contributed by atoms with E-state index in [9.17, 15) is 19.2 Å². The second-order valence-electron chi connectivity index (χ2n) is 14.5. The van der Waals surface area contributed by atoms with E-state index in [0.29, 0.717) is 75.2 Å². The smallest absolute Gasteiger partial charge is 0.407 e. The lowest BCUT2D eigenvalue weighted by molar-refractivity contribution is -0.143. The standard InChI is InChI=1S/C35H58N2O8/c1-6-30(38)42-17-11-7-9-15-36-32(40)44-23-34(4)14-13-28-26-19-27(29(28)22-34)21-35(5,20-26)24-45-33(41)37-16-10-8-12-18-43-31(39)25(2)3/h26-29H,2,6-24H2,1,3-5H3,(H,36,40)(H,37,41). The van der Waals surface area contributed by atoms with Crippen molar-refractivity contribution in [3.05, 3.63) is 12.2 Å². The highest BCUT2D eigenvalue weighted by atomic mass is 16.6. The molecule has 3 fully saturated rings. The topological polar surface area (TPSA) is 129 Å². The summed E-state index contributed by atoms with van der Waals surface area (Å²) < 4.78 is 21.6. The number of amides is 2. The zero-order chi connectivity index (χ0) is 32.9. The molecule has 0 radical (unpaired) electrons. The number of esters is 2. The van der Waals surface area contributed by atoms with Gasteiger partial charge in [0.15, 0.2) is 0 Å². The number of rotatable bonds is 18. The largest absolute Gasteiger partial charge is 0.466 e. The highest BCUT2D eigenvalue weighted by Crippen LogP contribution is 2.62. The molecule has 0 saturated heterocycles. The third-order valence-corrected chi connectivity index (χ3v) is 10.1. The van der Waals surface area contributed by atoms with Crippen molar-refractivity contribution in [2.75, 3.05) is 39.5 Å². The molecule has 3 aliphatic carbocycles. The van der Waals surface area contributed by atoms with Gasteiger partial charge in [-0.1, -0.05) is 27.4 Å². The number of hydrogen-bond acceptors (Lipinski definition) is 8. The van der Waals surface area contributed by atoms with E-state index in [1.807, 2.05) is 0 Å². The first-order valence-electron chi connectivity index (χ1n) is 17.2. The van der Waals surface area contributed by atoms with Crippen LogP contribution in [0.25, 0.3) is 0 Å². The Hall–Kier alpha value is -2.78. The van der Waals surface area contributed by atoms with Gasteiger partial charge in [0.05, 0.1) is 26.4 Å². The average Bonchev–Trinajstić information content (AvgIpc) is 3.26. The molecule has 2 N–H and O–H groups in total. The fourth-order valence-corrected chi connectivity index (χ4v) is 7.81. The van der Waals surface area contributed by atoms with Gasteiger partial charge >= 0.3 is 24.1 Å². The monoisotopic (exact) mass is 634 g/mol. The lowest BCUT2D eigenvalue weighted by atomic mass is 9.65. The van der Waals surface area contributed by atoms with Crippen LogP contribution in [-0.4, -0.2) is 63.6 Å². The fraction of sp³-hybridized carbons (Fsp3) is 0.829. The summed E-state index contributed by atoms with van der Waals surface area (Å²) in [5.74, 6) is 2.09. The quantitative estimate of drug-likeness (QED) is 0.0737. The number of unbranched alkanes of at least 4 members (excludes halogenated alkanes) is 4. The summed E-state index contributed by atoms with van der Waals surface area (Å²) in [6.45, 7) is 14.3. The van der Waals surface area contributed by atoms with Gasteiger partial charge in [-0.25, -0.2) is 14.4 Å². The third-order valence-electron chi connectivity index (χ3n) is 10.1. The molecular formula is C35H58N2O8. The Kier molecular flexibility index (Phi) is 14.5. The number of carbonyl (C=O) groups excluding carboxylic acids is 4. The van der Waals surface area contributed by atoms with Crippen LogP contribution in [0, 0.1) is 34.5 Å². The molecule has 2 amide bonds. The van der Waals surface area contributed by atoms with Gasteiger partial charge in [0.2, 0.25) is 0 Å². The zero-order valence-corrected chi connectivity index (χ0v) is 28.2. The summed E-state index contributed by atoms with van der Waals surface area (Å²) >= 11 is 0. The Bertz CT molecular complexity index is 1020. The molecule has 0 aromatic rings. The predicted octanol–water partition coefficient (Wildman–Crippen LogP) is 6.71. The summed E-state index contributed by atoms with van der Waals surface area (Å²) in [6.07, 6.45) is 11.3. The van der Waals surface area contributed by atoms with Crippen molar-refractivity contribution in [3.63, 3.8) is 0 Å². The van der Waals surface area contributed by atoms with E-state index in [-0.39, 0.29) is 35.0 Å². The maximum Gasteiger partial charge on any atom is 0.407 e. The molecule has 0 spiro atoms. The molecule has 6 atom stereocenters. The van der Waals surface area contributed by atoms with Gasteiger partial charge in [0.1, 0.15) is 0 Å². The number of alkyl carbamates (subject to hydrolysis) is 2. The van der Waals surface area contributed by atoms with Crippen molar-refractivity contribution < 1.29 is 38.1 Å². The van der Waals surface area contributed by atoms with Crippen molar-refractivity contribution in [3.8, 4) is 0 Å². The summed E-state index contributed by atoms with van der Waals surface area (Å²) in [7, 11) is 0. The summed E-state index contributed by atoms with van der Waals surface area (Å²) in [4.78, 5) is 47.3. The maximum absolute atomic E-state index is 12.4. The Labute approximate surface area is 270 Å². The molecule has 6 unspecified atom stereocenters. The first-order valence-corrected chi connectivity index (χ1v) is 17.2. The molecule has 0 aromatic carbocycles. The number of carbonyl (C=O) groups is 4. The molecule has 3 rings (SSSR count). The van der Waals surface area contributed by atoms with Crippen molar-refractivity contribution in [1.82, 2.24) is 10.6 Å². The lowest BCUT2D eigenvalue weighted by Crippen LogP contribution is -2.38. The van der Waals surface area contributed by atoms with Crippen LogP contribution in [-0.2, 0) is 28.5 Å². The van der Waals surface area contributed by atoms with Crippen molar-refractivity contribution in [2.24, 2.45) is 34.5 Å². The van der Waals surface area contributed by atoms with E-state index in [4.69, 9.17) is 18.9 Å². The number of ether oxygens (including phenoxy) is 4. The Morgan fingerprint density at radius 3 is 1.87 bits per heavy atom. The van der Waals surface area contributed by atoms with Crippen LogP contribution >= 0.6 is 0 Å². The minimum Gasteiger partial charge on any atom is -0.466 e. The Balaban J connectivity index is 1.31. The van der Waals surface area contributed by atoms with E-state index in [1.54, 1.807) is 13.8 Å². The van der Waals surface area contributed by atoms with Crippen LogP contribution in [0.15, 0.2) is 12.2 Å². The Morgan fingerprint density at radius 1 is 0.733 bits per heavy atom. The van der Waals surface area contributed by atoms with Crippen LogP contribution in [0.1, 0.15) is 111 Å². The fourth-order valence-electron chi connectivity index (χ4n) is 7.81. The molecular weight excluding hydrogens is 576 g/mol. The SMILES string of the molecule is C=C(C)C(=O)OCCCCCNC(=O)OCC1(C)CC2CC(C1)C1CC(C)(COC(=O)NCCCCCOC(=O)CC)CCC21. The predicted molar refractivity (Wildman–Crippen MR) is 171 cm³/mol. The van der Waals surface area contributed by atoms with Gasteiger partial charge in [0.25, 0.3) is 0 Å². The van der Waals surface area contributed by atoms with Gasteiger partial charge < -0.3 is 29.6 Å². The van der Waals surface area contributed by atoms with E-state index < -0.39 is 0 Å². The van der Waals surface area contributed by atoms with E-state index in [1.165, 1.54) is 12.8 Å². The lowest BCUT2D eigenvalue weighted by Gasteiger charge is -2.41. The highest BCUT2D eigenvalue weighted by Gasteiger charge is 2.55. The second kappa shape index (κ2) is 17.8. The number of nitrogens with one attached hydrogen (secondary N) is 2. The third kappa shape index (κ3) is 12.2. The molecule has 0 aliphatic heterocycles. The van der Waals surface area contributed by atoms with E-state index >= 15 is 0 Å². The first-order chi connectivity index (χ1) is 21.4. The van der Waals surface area contributed by atoms with Crippen LogP contribution < -0.4 is 10.6 Å². The summed E-state index contributed by atoms with van der Waals surface area (Å²) in [5, 5.41) is 5.73. The van der Waals surface area contributed by atoms with Gasteiger partial charge in [-0.2, -0.15) is 0 Å². The normalized spacial score (nSPS) is 28.4. The van der Waals surface area contributed by atoms with E-state index in [2.05, 4.69) is 31.1 Å². The summed E-state index contributed by atoms with van der Waals surface area (Å²) in [5.41, 5.74) is 0.370. The van der Waals surface area contributed by atoms with Gasteiger partial charge in [-0.3, -0.25) is 4.79 Å². The molecule has 45 heavy (non-hydrogen) atoms. The van der Waals surface area contributed by atoms with Crippen molar-refractivity contribution in [2.45, 2.75) is 111 Å². The second-order valence-corrected chi connectivity index (χ2v) is 14.5. The average molecular weight is 635 g/mol. The van der Waals surface area contributed by atoms with Gasteiger partial charge in [-0.05, 0) is 108 Å². The zero-order valence-electron chi connectivity index (χ0n) is 28.2. The van der Waals surface area contributed by atoms with Crippen LogP contribution in [0.2, 0.25) is 0 Å². The summed E-state index contributed by atoms with van der Waals surface area (Å²) in [6, 6.07) is 0. The molecule has 3 aliphatic rings. The molecule has 10 nitrogen and oxygen atoms in total. The van der Waals surface area contributed by atoms with Crippen LogP contribution in [0.4, 0.5) is 9.59 Å². The van der Waals surface area contributed by atoms with Crippen molar-refractivity contribution >= 4 is 24.1 Å². The minimum absolute atomic E-state index is 0.0140. The maximum atomic E-state index is 12.4. The molecule has 3 saturated carbocycles. The molecule has 10 heteroatoms. The first kappa shape index (κ1) is 36.7. The van der Waals surface area contributed by atoms with Crippen LogP contribution in [0.5, 0.6) is 0 Å². The molecule has 0 aromatic heterocycles. The van der Waals surface area contributed by atoms with Crippen LogP contribution in [0.3, 0.4) is 0 Å². The number of hydrogen-bond donors (Lipinski definition) is 2. The molecule has 2 bridgehead atoms. The van der Waals surface area contributed by atoms with Gasteiger partial charge in [0, 0.05) is 35.9 Å². The molecule has 256 valence electrons. The van der Waals surface area contributed by atoms with E-state index in [0.717, 1.165) is 64.2 Å². The van der Waals surface area contributed by atoms with Gasteiger partial charge in [-0.15, -0.1) is 0 Å². The molecule has 0 heterocycles. The minimum atomic E-state index is -0.364.